The zero-order valence-corrected chi connectivity index (χ0v) is 19.1. The van der Waals surface area contributed by atoms with Gasteiger partial charge in [-0.1, -0.05) is 6.07 Å². The predicted molar refractivity (Wildman–Crippen MR) is 114 cm³/mol. The Balaban J connectivity index is 1.64. The zero-order valence-electron chi connectivity index (χ0n) is 19.1. The van der Waals surface area contributed by atoms with Gasteiger partial charge in [0, 0.05) is 5.46 Å². The fourth-order valence-corrected chi connectivity index (χ4v) is 3.20. The Hall–Kier alpha value is -2.33. The maximum atomic E-state index is 14.9. The van der Waals surface area contributed by atoms with Gasteiger partial charge in [0.25, 0.3) is 0 Å². The van der Waals surface area contributed by atoms with Crippen molar-refractivity contribution < 1.29 is 32.8 Å². The molecule has 2 heterocycles. The number of benzene rings is 1. The Morgan fingerprint density at radius 2 is 1.87 bits per heavy atom. The number of hydrogen-bond acceptors (Lipinski definition) is 6. The van der Waals surface area contributed by atoms with Crippen LogP contribution in [0.5, 0.6) is 0 Å². The van der Waals surface area contributed by atoms with Gasteiger partial charge in [-0.15, -0.1) is 0 Å². The van der Waals surface area contributed by atoms with Crippen LogP contribution in [0.1, 0.15) is 48.5 Å². The van der Waals surface area contributed by atoms with Crippen LogP contribution in [0.15, 0.2) is 18.2 Å². The molecule has 1 aromatic carbocycles. The normalized spacial score (nSPS) is 22.5. The molecule has 3 rings (SSSR count). The number of anilines is 1. The summed E-state index contributed by atoms with van der Waals surface area (Å²) in [5.74, 6) is -0.542. The highest BCUT2D eigenvalue weighted by atomic mass is 19.1. The molecule has 0 spiro atoms. The highest BCUT2D eigenvalue weighted by Crippen LogP contribution is 2.37. The van der Waals surface area contributed by atoms with Gasteiger partial charge in [-0.05, 0) is 60.6 Å². The summed E-state index contributed by atoms with van der Waals surface area (Å²) in [5, 5.41) is 2.57. The number of nitrogens with one attached hydrogen (secondary N) is 1. The van der Waals surface area contributed by atoms with Crippen LogP contribution in [0.3, 0.4) is 0 Å². The Morgan fingerprint density at radius 1 is 1.26 bits per heavy atom. The third-order valence-corrected chi connectivity index (χ3v) is 5.55. The summed E-state index contributed by atoms with van der Waals surface area (Å²) < 4.78 is 37.1. The maximum absolute atomic E-state index is 14.9. The summed E-state index contributed by atoms with van der Waals surface area (Å²) in [4.78, 5) is 25.4. The predicted octanol–water partition coefficient (Wildman–Crippen LogP) is 2.97. The van der Waals surface area contributed by atoms with Crippen molar-refractivity contribution in [2.75, 3.05) is 18.0 Å². The van der Waals surface area contributed by atoms with Gasteiger partial charge in [-0.2, -0.15) is 0 Å². The lowest BCUT2D eigenvalue weighted by Gasteiger charge is -2.32. The van der Waals surface area contributed by atoms with Crippen molar-refractivity contribution in [1.29, 1.82) is 0 Å². The summed E-state index contributed by atoms with van der Waals surface area (Å²) in [6, 6.07) is 4.42. The van der Waals surface area contributed by atoms with Gasteiger partial charge in [0.15, 0.2) is 0 Å². The van der Waals surface area contributed by atoms with Crippen molar-refractivity contribution in [2.24, 2.45) is 0 Å². The highest BCUT2D eigenvalue weighted by Gasteiger charge is 2.52. The van der Waals surface area contributed by atoms with Gasteiger partial charge in [0.1, 0.15) is 17.5 Å². The lowest BCUT2D eigenvalue weighted by atomic mass is 9.78. The second-order valence-corrected chi connectivity index (χ2v) is 9.79. The number of carbonyl (C=O) groups excluding carboxylic acids is 2. The summed E-state index contributed by atoms with van der Waals surface area (Å²) in [7, 11) is -0.838. The van der Waals surface area contributed by atoms with Crippen LogP contribution in [0.2, 0.25) is 0 Å². The van der Waals surface area contributed by atoms with Crippen molar-refractivity contribution in [3.8, 4) is 0 Å². The van der Waals surface area contributed by atoms with Crippen LogP contribution in [-0.4, -0.2) is 55.3 Å². The number of cyclic esters (lactones) is 1. The smallest absolute Gasteiger partial charge is 0.444 e. The van der Waals surface area contributed by atoms with Crippen LogP contribution in [-0.2, 0) is 18.8 Å². The van der Waals surface area contributed by atoms with E-state index in [0.717, 1.165) is 0 Å². The second kappa shape index (κ2) is 7.98. The summed E-state index contributed by atoms with van der Waals surface area (Å²) >= 11 is 0. The van der Waals surface area contributed by atoms with Crippen LogP contribution in [0, 0.1) is 5.82 Å². The van der Waals surface area contributed by atoms with Crippen molar-refractivity contribution in [2.45, 2.75) is 71.4 Å². The molecule has 0 aliphatic carbocycles. The van der Waals surface area contributed by atoms with E-state index in [0.29, 0.717) is 5.69 Å². The molecular weight excluding hydrogens is 406 g/mol. The van der Waals surface area contributed by atoms with Gasteiger partial charge < -0.3 is 24.1 Å². The first-order valence-corrected chi connectivity index (χ1v) is 10.3. The first kappa shape index (κ1) is 23.3. The van der Waals surface area contributed by atoms with E-state index in [1.54, 1.807) is 32.9 Å². The van der Waals surface area contributed by atoms with Crippen LogP contribution < -0.4 is 15.7 Å². The number of ether oxygens (including phenoxy) is 2. The monoisotopic (exact) mass is 436 g/mol. The number of amides is 2. The minimum atomic E-state index is -0.838. The molecule has 2 aliphatic heterocycles. The molecule has 0 unspecified atom stereocenters. The van der Waals surface area contributed by atoms with Crippen molar-refractivity contribution in [3.05, 3.63) is 24.0 Å². The molecule has 0 saturated carbocycles. The van der Waals surface area contributed by atoms with E-state index >= 15 is 0 Å². The molecule has 2 aliphatic rings. The van der Waals surface area contributed by atoms with Crippen LogP contribution >= 0.6 is 0 Å². The molecule has 2 amide bonds. The molecule has 2 saturated heterocycles. The first-order valence-electron chi connectivity index (χ1n) is 10.3. The molecule has 1 aromatic rings. The average molecular weight is 436 g/mol. The first-order chi connectivity index (χ1) is 14.2. The molecule has 170 valence electrons. The van der Waals surface area contributed by atoms with Gasteiger partial charge in [-0.3, -0.25) is 4.90 Å². The Bertz CT molecular complexity index is 854. The molecule has 0 radical (unpaired) electrons. The highest BCUT2D eigenvalue weighted by molar-refractivity contribution is 6.62. The topological polar surface area (TPSA) is 86.3 Å². The fourth-order valence-electron chi connectivity index (χ4n) is 3.20. The quantitative estimate of drug-likeness (QED) is 0.731. The number of nitrogens with zero attached hydrogens (tertiary/aromatic N) is 1. The van der Waals surface area contributed by atoms with Gasteiger partial charge >= 0.3 is 19.3 Å². The average Bonchev–Trinajstić information content (AvgIpc) is 3.07. The van der Waals surface area contributed by atoms with Gasteiger partial charge in [0.05, 0.1) is 30.0 Å². The summed E-state index contributed by atoms with van der Waals surface area (Å²) in [6.07, 6.45) is -1.79. The number of carbonyl (C=O) groups is 2. The van der Waals surface area contributed by atoms with E-state index in [9.17, 15) is 14.0 Å². The number of rotatable bonds is 4. The standard InChI is InChI=1S/C21H30BFN2O6/c1-19(2,3)29-17(26)24-11-14-12-25(18(27)28-14)13-8-9-15(16(23)10-13)22-30-20(4,5)21(6,7)31-22/h8-10,14H,11-12H2,1-7H3,(H,24,26)/t14-/m0/s1. The third-order valence-electron chi connectivity index (χ3n) is 5.55. The van der Waals surface area contributed by atoms with E-state index in [-0.39, 0.29) is 18.6 Å². The largest absolute Gasteiger partial charge is 0.497 e. The molecule has 2 fully saturated rings. The molecule has 1 atom stereocenters. The lowest BCUT2D eigenvalue weighted by molar-refractivity contribution is 0.00578. The Labute approximate surface area is 182 Å². The SMILES string of the molecule is CC(C)(C)OC(=O)NC[C@H]1CN(c2ccc(B3OC(C)(C)C(C)(C)O3)c(F)c2)C(=O)O1. The molecule has 0 bridgehead atoms. The molecule has 10 heteroatoms. The van der Waals surface area contributed by atoms with E-state index in [2.05, 4.69) is 5.32 Å². The van der Waals surface area contributed by atoms with Crippen LogP contribution in [0.25, 0.3) is 0 Å². The van der Waals surface area contributed by atoms with Gasteiger partial charge in [0.2, 0.25) is 0 Å². The molecule has 8 nitrogen and oxygen atoms in total. The van der Waals surface area contributed by atoms with Crippen molar-refractivity contribution in [1.82, 2.24) is 5.32 Å². The van der Waals surface area contributed by atoms with Gasteiger partial charge in [-0.25, -0.2) is 14.0 Å². The Kier molecular flexibility index (Phi) is 6.01. The molecule has 31 heavy (non-hydrogen) atoms. The minimum Gasteiger partial charge on any atom is -0.444 e. The third kappa shape index (κ3) is 5.12. The number of hydrogen-bond donors (Lipinski definition) is 1. The van der Waals surface area contributed by atoms with Crippen molar-refractivity contribution in [3.63, 3.8) is 0 Å². The zero-order chi connectivity index (χ0) is 23.2. The summed E-state index contributed by atoms with van der Waals surface area (Å²) in [5.41, 5.74) is -1.19. The Morgan fingerprint density at radius 3 is 2.42 bits per heavy atom. The van der Waals surface area contributed by atoms with E-state index in [1.807, 2.05) is 27.7 Å². The van der Waals surface area contributed by atoms with E-state index < -0.39 is 48.0 Å². The van der Waals surface area contributed by atoms with E-state index in [1.165, 1.54) is 11.0 Å². The second-order valence-electron chi connectivity index (χ2n) is 9.79. The fraction of sp³-hybridized carbons (Fsp3) is 0.619. The minimum absolute atomic E-state index is 0.0889. The molecule has 0 aromatic heterocycles. The van der Waals surface area contributed by atoms with Crippen molar-refractivity contribution >= 4 is 30.5 Å². The molecule has 1 N–H and O–H groups in total. The summed E-state index contributed by atoms with van der Waals surface area (Å²) in [6.45, 7) is 13.1. The lowest BCUT2D eigenvalue weighted by Crippen LogP contribution is -2.41. The molecular formula is C21H30BFN2O6. The number of alkyl carbamates (subject to hydrolysis) is 1. The van der Waals surface area contributed by atoms with Crippen LogP contribution in [0.4, 0.5) is 19.7 Å². The number of halogens is 1. The maximum Gasteiger partial charge on any atom is 0.497 e. The van der Waals surface area contributed by atoms with E-state index in [4.69, 9.17) is 18.8 Å².